The Labute approximate surface area is 99.9 Å². The molecule has 1 nitrogen and oxygen atoms in total. The lowest BCUT2D eigenvalue weighted by molar-refractivity contribution is 0.0810. The van der Waals surface area contributed by atoms with Crippen molar-refractivity contribution in [3.63, 3.8) is 0 Å². The van der Waals surface area contributed by atoms with Crippen molar-refractivity contribution in [1.29, 1.82) is 0 Å². The van der Waals surface area contributed by atoms with E-state index in [0.717, 1.165) is 0 Å². The molecule has 0 saturated heterocycles. The molecule has 1 aliphatic carbocycles. The van der Waals surface area contributed by atoms with E-state index in [0.29, 0.717) is 18.4 Å². The summed E-state index contributed by atoms with van der Waals surface area (Å²) in [5.74, 6) is -0.277. The number of fused-ring (bicyclic) bond motifs is 1. The molecule has 0 radical (unpaired) electrons. The van der Waals surface area contributed by atoms with E-state index in [1.807, 2.05) is 0 Å². The van der Waals surface area contributed by atoms with E-state index in [9.17, 15) is 4.79 Å². The van der Waals surface area contributed by atoms with Crippen LogP contribution in [0.3, 0.4) is 0 Å². The number of carbonyl (C=O) groups excluding carboxylic acids is 1. The Balaban J connectivity index is 2.80. The third-order valence-corrected chi connectivity index (χ3v) is 3.15. The van der Waals surface area contributed by atoms with Gasteiger partial charge in [0.2, 0.25) is 0 Å². The fourth-order valence-corrected chi connectivity index (χ4v) is 2.06. The van der Waals surface area contributed by atoms with Crippen LogP contribution in [-0.4, -0.2) is 5.78 Å². The quantitative estimate of drug-likeness (QED) is 0.638. The van der Waals surface area contributed by atoms with Crippen molar-refractivity contribution in [1.82, 2.24) is 0 Å². The van der Waals surface area contributed by atoms with Gasteiger partial charge < -0.3 is 0 Å². The minimum Gasteiger partial charge on any atom is -0.294 e. The SMILES string of the molecule is [2H]C([2H])([2H])c1ccc(C([2H])([2H])[2H])c2c1CCC(C)(C)C2=O. The van der Waals surface area contributed by atoms with Crippen LogP contribution in [0.5, 0.6) is 0 Å². The van der Waals surface area contributed by atoms with Crippen LogP contribution >= 0.6 is 0 Å². The van der Waals surface area contributed by atoms with Gasteiger partial charge in [-0.25, -0.2) is 0 Å². The highest BCUT2D eigenvalue weighted by atomic mass is 16.1. The van der Waals surface area contributed by atoms with Crippen molar-refractivity contribution < 1.29 is 13.0 Å². The summed E-state index contributed by atoms with van der Waals surface area (Å²) in [5.41, 5.74) is -0.133. The number of ketones is 1. The van der Waals surface area contributed by atoms with E-state index in [2.05, 4.69) is 0 Å². The van der Waals surface area contributed by atoms with Crippen LogP contribution in [0, 0.1) is 19.1 Å². The largest absolute Gasteiger partial charge is 0.294 e. The Morgan fingerprint density at radius 1 is 1.27 bits per heavy atom. The van der Waals surface area contributed by atoms with Crippen molar-refractivity contribution in [2.45, 2.75) is 40.4 Å². The Morgan fingerprint density at radius 2 is 1.93 bits per heavy atom. The fourth-order valence-electron chi connectivity index (χ4n) is 2.06. The predicted octanol–water partition coefficient (Wildman–Crippen LogP) is 3.46. The number of hydrogen-bond donors (Lipinski definition) is 0. The third kappa shape index (κ3) is 1.50. The highest BCUT2D eigenvalue weighted by molar-refractivity contribution is 6.03. The third-order valence-electron chi connectivity index (χ3n) is 3.15. The smallest absolute Gasteiger partial charge is 0.169 e. The van der Waals surface area contributed by atoms with Crippen LogP contribution in [0.25, 0.3) is 0 Å². The van der Waals surface area contributed by atoms with E-state index in [4.69, 9.17) is 8.22 Å². The maximum atomic E-state index is 12.7. The molecular weight excluding hydrogens is 184 g/mol. The highest BCUT2D eigenvalue weighted by Crippen LogP contribution is 2.37. The zero-order valence-electron chi connectivity index (χ0n) is 15.0. The van der Waals surface area contributed by atoms with Crippen LogP contribution in [0.4, 0.5) is 0 Å². The van der Waals surface area contributed by atoms with Crippen molar-refractivity contribution in [3.05, 3.63) is 34.4 Å². The zero-order chi connectivity index (χ0) is 16.2. The lowest BCUT2D eigenvalue weighted by Gasteiger charge is -2.31. The molecule has 1 aliphatic rings. The van der Waals surface area contributed by atoms with Crippen molar-refractivity contribution in [2.75, 3.05) is 0 Å². The van der Waals surface area contributed by atoms with E-state index < -0.39 is 19.1 Å². The van der Waals surface area contributed by atoms with Crippen molar-refractivity contribution in [2.24, 2.45) is 5.41 Å². The second kappa shape index (κ2) is 3.19. The maximum absolute atomic E-state index is 12.7. The van der Waals surface area contributed by atoms with Gasteiger partial charge in [0.15, 0.2) is 5.78 Å². The average Bonchev–Trinajstić information content (AvgIpc) is 2.30. The van der Waals surface area contributed by atoms with Gasteiger partial charge in [-0.3, -0.25) is 4.79 Å². The molecule has 0 saturated carbocycles. The topological polar surface area (TPSA) is 17.1 Å². The standard InChI is InChI=1S/C14H18O/c1-9-5-6-10(2)12-11(9)7-8-14(3,4)13(12)15/h5-6H,7-8H2,1-4H3/i1D3,2D3. The van der Waals surface area contributed by atoms with Crippen LogP contribution in [0.1, 0.15) is 55.5 Å². The van der Waals surface area contributed by atoms with Crippen molar-refractivity contribution >= 4 is 5.78 Å². The van der Waals surface area contributed by atoms with Gasteiger partial charge in [-0.05, 0) is 43.2 Å². The van der Waals surface area contributed by atoms with Gasteiger partial charge in [-0.2, -0.15) is 0 Å². The molecule has 1 aromatic rings. The van der Waals surface area contributed by atoms with E-state index >= 15 is 0 Å². The van der Waals surface area contributed by atoms with E-state index in [1.54, 1.807) is 13.8 Å². The summed E-state index contributed by atoms with van der Waals surface area (Å²) in [6, 6.07) is 2.60. The summed E-state index contributed by atoms with van der Waals surface area (Å²) < 4.78 is 45.6. The Hall–Kier alpha value is -1.11. The summed E-state index contributed by atoms with van der Waals surface area (Å²) in [7, 11) is 0. The van der Waals surface area contributed by atoms with E-state index in [-0.39, 0.29) is 22.5 Å². The Morgan fingerprint density at radius 3 is 2.60 bits per heavy atom. The molecule has 0 fully saturated rings. The fraction of sp³-hybridized carbons (Fsp3) is 0.500. The molecule has 0 aromatic heterocycles. The lowest BCUT2D eigenvalue weighted by atomic mass is 9.71. The van der Waals surface area contributed by atoms with Crippen LogP contribution in [-0.2, 0) is 6.42 Å². The van der Waals surface area contributed by atoms with Gasteiger partial charge in [-0.15, -0.1) is 0 Å². The predicted molar refractivity (Wildman–Crippen MR) is 62.3 cm³/mol. The molecular formula is C14H18O. The molecule has 0 N–H and O–H groups in total. The molecule has 0 bridgehead atoms. The molecule has 0 amide bonds. The number of benzene rings is 1. The minimum atomic E-state index is -2.43. The monoisotopic (exact) mass is 208 g/mol. The second-order valence-electron chi connectivity index (χ2n) is 4.73. The molecule has 0 aliphatic heterocycles. The molecule has 0 atom stereocenters. The molecule has 2 rings (SSSR count). The summed E-state index contributed by atoms with van der Waals surface area (Å²) in [4.78, 5) is 12.7. The number of hydrogen-bond acceptors (Lipinski definition) is 1. The summed E-state index contributed by atoms with van der Waals surface area (Å²) in [6.45, 7) is -1.24. The maximum Gasteiger partial charge on any atom is 0.169 e. The van der Waals surface area contributed by atoms with Gasteiger partial charge in [0.05, 0.1) is 0 Å². The first-order valence-corrected chi connectivity index (χ1v) is 5.07. The zero-order valence-corrected chi connectivity index (χ0v) is 8.98. The molecule has 1 aromatic carbocycles. The number of carbonyl (C=O) groups is 1. The first-order chi connectivity index (χ1) is 9.36. The Kier molecular flexibility index (Phi) is 1.13. The average molecular weight is 208 g/mol. The van der Waals surface area contributed by atoms with Crippen LogP contribution in [0.15, 0.2) is 12.1 Å². The van der Waals surface area contributed by atoms with Gasteiger partial charge in [-0.1, -0.05) is 26.0 Å². The number of aryl methyl sites for hydroxylation is 2. The van der Waals surface area contributed by atoms with Gasteiger partial charge in [0, 0.05) is 19.2 Å². The van der Waals surface area contributed by atoms with Crippen LogP contribution in [0.2, 0.25) is 0 Å². The first-order valence-electron chi connectivity index (χ1n) is 8.07. The summed E-state index contributed by atoms with van der Waals surface area (Å²) in [6.07, 6.45) is 0.929. The van der Waals surface area contributed by atoms with Gasteiger partial charge >= 0.3 is 0 Å². The summed E-state index contributed by atoms with van der Waals surface area (Å²) in [5, 5.41) is 0. The minimum absolute atomic E-state index is 0.0386. The number of Topliss-reactive ketones (excluding diaryl/α,β-unsaturated/α-hetero) is 1. The Bertz CT molecular complexity index is 595. The second-order valence-corrected chi connectivity index (χ2v) is 4.73. The van der Waals surface area contributed by atoms with E-state index in [1.165, 1.54) is 12.1 Å². The molecule has 80 valence electrons. The van der Waals surface area contributed by atoms with Crippen molar-refractivity contribution in [3.8, 4) is 0 Å². The van der Waals surface area contributed by atoms with Gasteiger partial charge in [0.25, 0.3) is 0 Å². The lowest BCUT2D eigenvalue weighted by Crippen LogP contribution is -2.31. The summed E-state index contributed by atoms with van der Waals surface area (Å²) >= 11 is 0. The van der Waals surface area contributed by atoms with Gasteiger partial charge in [0.1, 0.15) is 0 Å². The molecule has 0 spiro atoms. The van der Waals surface area contributed by atoms with Crippen LogP contribution < -0.4 is 0 Å². The molecule has 1 heteroatoms. The number of rotatable bonds is 0. The molecule has 0 unspecified atom stereocenters. The normalized spacial score (nSPS) is 26.4. The molecule has 15 heavy (non-hydrogen) atoms. The highest BCUT2D eigenvalue weighted by Gasteiger charge is 2.35. The first kappa shape index (κ1) is 5.29. The molecule has 0 heterocycles.